The first-order valence-electron chi connectivity index (χ1n) is 5.50. The van der Waals surface area contributed by atoms with Gasteiger partial charge < -0.3 is 15.4 Å². The Morgan fingerprint density at radius 2 is 2.12 bits per heavy atom. The Bertz CT molecular complexity index is 395. The maximum Gasteiger partial charge on any atom is 0.328 e. The third-order valence-corrected chi connectivity index (χ3v) is 2.11. The molecule has 0 saturated carbocycles. The fourth-order valence-electron chi connectivity index (χ4n) is 1.37. The van der Waals surface area contributed by atoms with Crippen LogP contribution in [0, 0.1) is 6.92 Å². The van der Waals surface area contributed by atoms with E-state index < -0.39 is 6.04 Å². The van der Waals surface area contributed by atoms with Crippen molar-refractivity contribution in [3.05, 3.63) is 11.9 Å². The average Bonchev–Trinajstić information content (AvgIpc) is 2.27. The van der Waals surface area contributed by atoms with Gasteiger partial charge >= 0.3 is 5.97 Å². The summed E-state index contributed by atoms with van der Waals surface area (Å²) in [5, 5.41) is 6.06. The number of hydrogen-bond acceptors (Lipinski definition) is 6. The second kappa shape index (κ2) is 6.03. The Morgan fingerprint density at radius 3 is 2.71 bits per heavy atom. The number of aryl methyl sites for hydroxylation is 1. The molecule has 6 heteroatoms. The van der Waals surface area contributed by atoms with Crippen LogP contribution in [-0.2, 0) is 9.53 Å². The number of anilines is 2. The van der Waals surface area contributed by atoms with E-state index in [2.05, 4.69) is 25.3 Å². The molecular formula is C11H18N4O2. The summed E-state index contributed by atoms with van der Waals surface area (Å²) in [7, 11) is 1.36. The van der Waals surface area contributed by atoms with Crippen LogP contribution < -0.4 is 10.6 Å². The molecule has 1 rings (SSSR count). The summed E-state index contributed by atoms with van der Waals surface area (Å²) in [4.78, 5) is 19.7. The minimum Gasteiger partial charge on any atom is -0.467 e. The van der Waals surface area contributed by atoms with Crippen LogP contribution in [0.5, 0.6) is 0 Å². The van der Waals surface area contributed by atoms with Crippen LogP contribution in [0.4, 0.5) is 11.6 Å². The molecule has 0 amide bonds. The summed E-state index contributed by atoms with van der Waals surface area (Å²) in [6.07, 6.45) is 0. The van der Waals surface area contributed by atoms with E-state index >= 15 is 0 Å². The van der Waals surface area contributed by atoms with Gasteiger partial charge in [-0.1, -0.05) is 0 Å². The molecule has 0 radical (unpaired) electrons. The number of carbonyl (C=O) groups excluding carboxylic acids is 1. The van der Waals surface area contributed by atoms with E-state index in [0.717, 1.165) is 12.4 Å². The number of rotatable bonds is 5. The molecule has 1 aromatic rings. The first-order valence-corrected chi connectivity index (χ1v) is 5.50. The SMILES string of the molecule is CCNc1cc(NC(C)C(=O)OC)nc(C)n1. The zero-order chi connectivity index (χ0) is 12.8. The highest BCUT2D eigenvalue weighted by Crippen LogP contribution is 2.12. The molecule has 1 atom stereocenters. The molecule has 0 aliphatic rings. The lowest BCUT2D eigenvalue weighted by atomic mass is 10.3. The quantitative estimate of drug-likeness (QED) is 0.750. The molecule has 0 aliphatic heterocycles. The number of esters is 1. The topological polar surface area (TPSA) is 76.1 Å². The van der Waals surface area contributed by atoms with Crippen LogP contribution in [0.1, 0.15) is 19.7 Å². The summed E-state index contributed by atoms with van der Waals surface area (Å²) >= 11 is 0. The standard InChI is InChI=1S/C11H18N4O2/c1-5-12-9-6-10(15-8(3)14-9)13-7(2)11(16)17-4/h6-7H,5H2,1-4H3,(H2,12,13,14,15). The third kappa shape index (κ3) is 3.90. The van der Waals surface area contributed by atoms with Crippen molar-refractivity contribution in [2.24, 2.45) is 0 Å². The van der Waals surface area contributed by atoms with Gasteiger partial charge in [0.1, 0.15) is 23.5 Å². The smallest absolute Gasteiger partial charge is 0.328 e. The Labute approximate surface area is 101 Å². The first kappa shape index (κ1) is 13.2. The minimum absolute atomic E-state index is 0.328. The highest BCUT2D eigenvalue weighted by molar-refractivity contribution is 5.78. The van der Waals surface area contributed by atoms with Gasteiger partial charge in [0.25, 0.3) is 0 Å². The highest BCUT2D eigenvalue weighted by atomic mass is 16.5. The number of hydrogen-bond donors (Lipinski definition) is 2. The Balaban J connectivity index is 2.80. The van der Waals surface area contributed by atoms with Crippen molar-refractivity contribution in [3.8, 4) is 0 Å². The van der Waals surface area contributed by atoms with Crippen LogP contribution in [0.15, 0.2) is 6.07 Å². The van der Waals surface area contributed by atoms with Gasteiger partial charge in [-0.25, -0.2) is 14.8 Å². The van der Waals surface area contributed by atoms with Crippen molar-refractivity contribution in [1.29, 1.82) is 0 Å². The van der Waals surface area contributed by atoms with Crippen LogP contribution in [0.3, 0.4) is 0 Å². The van der Waals surface area contributed by atoms with Gasteiger partial charge in [-0.2, -0.15) is 0 Å². The average molecular weight is 238 g/mol. The number of aromatic nitrogens is 2. The number of nitrogens with one attached hydrogen (secondary N) is 2. The van der Waals surface area contributed by atoms with Gasteiger partial charge in [-0.3, -0.25) is 0 Å². The van der Waals surface area contributed by atoms with Gasteiger partial charge in [-0.15, -0.1) is 0 Å². The Kier molecular flexibility index (Phi) is 4.68. The fourth-order valence-corrected chi connectivity index (χ4v) is 1.37. The third-order valence-electron chi connectivity index (χ3n) is 2.11. The molecule has 0 saturated heterocycles. The van der Waals surface area contributed by atoms with Crippen molar-refractivity contribution < 1.29 is 9.53 Å². The van der Waals surface area contributed by atoms with Crippen molar-refractivity contribution in [1.82, 2.24) is 9.97 Å². The van der Waals surface area contributed by atoms with Gasteiger partial charge in [-0.05, 0) is 20.8 Å². The van der Waals surface area contributed by atoms with E-state index in [1.165, 1.54) is 7.11 Å². The first-order chi connectivity index (χ1) is 8.06. The summed E-state index contributed by atoms with van der Waals surface area (Å²) in [6, 6.07) is 1.32. The zero-order valence-electron chi connectivity index (χ0n) is 10.6. The van der Waals surface area contributed by atoms with E-state index in [0.29, 0.717) is 11.6 Å². The lowest BCUT2D eigenvalue weighted by Crippen LogP contribution is -2.27. The summed E-state index contributed by atoms with van der Waals surface area (Å²) < 4.78 is 4.63. The fraction of sp³-hybridized carbons (Fsp3) is 0.545. The van der Waals surface area contributed by atoms with E-state index in [4.69, 9.17) is 0 Å². The number of carbonyl (C=O) groups is 1. The van der Waals surface area contributed by atoms with E-state index in [1.807, 2.05) is 6.92 Å². The molecule has 0 aliphatic carbocycles. The summed E-state index contributed by atoms with van der Waals surface area (Å²) in [6.45, 7) is 6.29. The molecule has 94 valence electrons. The Hall–Kier alpha value is -1.85. The molecule has 6 nitrogen and oxygen atoms in total. The van der Waals surface area contributed by atoms with Gasteiger partial charge in [0, 0.05) is 12.6 Å². The molecular weight excluding hydrogens is 220 g/mol. The molecule has 17 heavy (non-hydrogen) atoms. The molecule has 1 aromatic heterocycles. The number of methoxy groups -OCH3 is 1. The van der Waals surface area contributed by atoms with Crippen LogP contribution >= 0.6 is 0 Å². The van der Waals surface area contributed by atoms with E-state index in [9.17, 15) is 4.79 Å². The zero-order valence-corrected chi connectivity index (χ0v) is 10.6. The molecule has 0 fully saturated rings. The van der Waals surface area contributed by atoms with Crippen molar-refractivity contribution in [2.75, 3.05) is 24.3 Å². The van der Waals surface area contributed by atoms with Crippen LogP contribution in [0.25, 0.3) is 0 Å². The number of ether oxygens (including phenoxy) is 1. The maximum absolute atomic E-state index is 11.3. The lowest BCUT2D eigenvalue weighted by molar-refractivity contribution is -0.141. The summed E-state index contributed by atoms with van der Waals surface area (Å²) in [5.74, 6) is 1.65. The van der Waals surface area contributed by atoms with Gasteiger partial charge in [0.2, 0.25) is 0 Å². The largest absolute Gasteiger partial charge is 0.467 e. The highest BCUT2D eigenvalue weighted by Gasteiger charge is 2.13. The minimum atomic E-state index is -0.441. The van der Waals surface area contributed by atoms with E-state index in [1.54, 1.807) is 19.9 Å². The van der Waals surface area contributed by atoms with Gasteiger partial charge in [0.15, 0.2) is 0 Å². The van der Waals surface area contributed by atoms with Crippen molar-refractivity contribution >= 4 is 17.6 Å². The Morgan fingerprint density at radius 1 is 1.47 bits per heavy atom. The molecule has 0 aromatic carbocycles. The molecule has 2 N–H and O–H groups in total. The monoisotopic (exact) mass is 238 g/mol. The molecule has 1 unspecified atom stereocenters. The normalized spacial score (nSPS) is 11.8. The maximum atomic E-state index is 11.3. The van der Waals surface area contributed by atoms with E-state index in [-0.39, 0.29) is 5.97 Å². The van der Waals surface area contributed by atoms with Gasteiger partial charge in [0.05, 0.1) is 7.11 Å². The molecule has 1 heterocycles. The van der Waals surface area contributed by atoms with Crippen LogP contribution in [0.2, 0.25) is 0 Å². The summed E-state index contributed by atoms with van der Waals surface area (Å²) in [5.41, 5.74) is 0. The van der Waals surface area contributed by atoms with Crippen molar-refractivity contribution in [2.45, 2.75) is 26.8 Å². The predicted octanol–water partition coefficient (Wildman–Crippen LogP) is 1.19. The second-order valence-electron chi connectivity index (χ2n) is 3.61. The molecule has 0 spiro atoms. The molecule has 0 bridgehead atoms. The number of nitrogens with zero attached hydrogens (tertiary/aromatic N) is 2. The lowest BCUT2D eigenvalue weighted by Gasteiger charge is -2.13. The second-order valence-corrected chi connectivity index (χ2v) is 3.61. The predicted molar refractivity (Wildman–Crippen MR) is 66.0 cm³/mol. The van der Waals surface area contributed by atoms with Crippen molar-refractivity contribution in [3.63, 3.8) is 0 Å². The van der Waals surface area contributed by atoms with Crippen LogP contribution in [-0.4, -0.2) is 35.6 Å².